The Balaban J connectivity index is 2.23. The molecular weight excluding hydrogens is 172 g/mol. The van der Waals surface area contributed by atoms with Crippen LogP contribution in [0.2, 0.25) is 0 Å². The van der Waals surface area contributed by atoms with E-state index in [1.807, 2.05) is 18.5 Å². The van der Waals surface area contributed by atoms with Crippen molar-refractivity contribution in [3.63, 3.8) is 0 Å². The van der Waals surface area contributed by atoms with E-state index in [1.165, 1.54) is 16.3 Å². The Bertz CT molecular complexity index is 473. The number of hydrogen-bond donors (Lipinski definition) is 1. The lowest BCUT2D eigenvalue weighted by molar-refractivity contribution is 0.990. The molecule has 0 amide bonds. The van der Waals surface area contributed by atoms with E-state index in [0.29, 0.717) is 12.0 Å². The van der Waals surface area contributed by atoms with Crippen LogP contribution in [0.25, 0.3) is 10.8 Å². The number of rotatable bonds is 1. The average molecular weight is 184 g/mol. The standard InChI is InChI=1S/C12H12N2/c13-12-5-10(12)11-7-14-6-8-3-1-2-4-9(8)11/h1-4,6-7,10,12H,5,13H2. The Morgan fingerprint density at radius 2 is 2.00 bits per heavy atom. The number of fused-ring (bicyclic) bond motifs is 1. The minimum absolute atomic E-state index is 0.350. The van der Waals surface area contributed by atoms with Gasteiger partial charge in [-0.2, -0.15) is 0 Å². The average Bonchev–Trinajstić information content (AvgIpc) is 2.95. The van der Waals surface area contributed by atoms with E-state index in [1.54, 1.807) is 0 Å². The largest absolute Gasteiger partial charge is 0.327 e. The molecule has 1 aromatic heterocycles. The van der Waals surface area contributed by atoms with E-state index >= 15 is 0 Å². The molecule has 2 N–H and O–H groups in total. The zero-order chi connectivity index (χ0) is 9.54. The smallest absolute Gasteiger partial charge is 0.0346 e. The van der Waals surface area contributed by atoms with Gasteiger partial charge in [0.05, 0.1) is 0 Å². The van der Waals surface area contributed by atoms with E-state index in [2.05, 4.69) is 23.2 Å². The predicted octanol–water partition coefficient (Wildman–Crippen LogP) is 2.05. The van der Waals surface area contributed by atoms with Crippen molar-refractivity contribution in [2.24, 2.45) is 5.73 Å². The summed E-state index contributed by atoms with van der Waals surface area (Å²) in [5, 5.41) is 2.52. The molecule has 1 fully saturated rings. The van der Waals surface area contributed by atoms with Crippen molar-refractivity contribution in [2.75, 3.05) is 0 Å². The molecule has 3 rings (SSSR count). The van der Waals surface area contributed by atoms with E-state index in [4.69, 9.17) is 5.73 Å². The zero-order valence-electron chi connectivity index (χ0n) is 7.85. The fourth-order valence-corrected chi connectivity index (χ4v) is 2.01. The first-order chi connectivity index (χ1) is 6.86. The van der Waals surface area contributed by atoms with Crippen LogP contribution >= 0.6 is 0 Å². The first-order valence-electron chi connectivity index (χ1n) is 4.94. The summed E-state index contributed by atoms with van der Waals surface area (Å²) in [5.74, 6) is 0.536. The van der Waals surface area contributed by atoms with Crippen LogP contribution in [0.15, 0.2) is 36.7 Å². The van der Waals surface area contributed by atoms with Crippen LogP contribution in [0, 0.1) is 0 Å². The molecule has 1 aromatic carbocycles. The molecule has 2 nitrogen and oxygen atoms in total. The number of hydrogen-bond acceptors (Lipinski definition) is 2. The Kier molecular flexibility index (Phi) is 1.58. The van der Waals surface area contributed by atoms with Crippen molar-refractivity contribution >= 4 is 10.8 Å². The summed E-state index contributed by atoms with van der Waals surface area (Å²) >= 11 is 0. The van der Waals surface area contributed by atoms with Gasteiger partial charge in [-0.15, -0.1) is 0 Å². The normalized spacial score (nSPS) is 25.2. The molecule has 2 aromatic rings. The van der Waals surface area contributed by atoms with Gasteiger partial charge in [0.1, 0.15) is 0 Å². The predicted molar refractivity (Wildman–Crippen MR) is 57.1 cm³/mol. The molecular formula is C12H12N2. The third-order valence-corrected chi connectivity index (χ3v) is 2.94. The van der Waals surface area contributed by atoms with Crippen LogP contribution < -0.4 is 5.73 Å². The molecule has 2 heteroatoms. The summed E-state index contributed by atoms with van der Waals surface area (Å²) in [5.41, 5.74) is 7.18. The van der Waals surface area contributed by atoms with Crippen molar-refractivity contribution in [2.45, 2.75) is 18.4 Å². The van der Waals surface area contributed by atoms with Crippen molar-refractivity contribution in [1.82, 2.24) is 4.98 Å². The van der Waals surface area contributed by atoms with Gasteiger partial charge in [0, 0.05) is 29.7 Å². The topological polar surface area (TPSA) is 38.9 Å². The number of pyridine rings is 1. The maximum absolute atomic E-state index is 5.86. The quantitative estimate of drug-likeness (QED) is 0.736. The van der Waals surface area contributed by atoms with Gasteiger partial charge >= 0.3 is 0 Å². The van der Waals surface area contributed by atoms with Gasteiger partial charge in [-0.3, -0.25) is 4.98 Å². The molecule has 1 saturated carbocycles. The first kappa shape index (κ1) is 7.94. The second kappa shape index (κ2) is 2.79. The first-order valence-corrected chi connectivity index (χ1v) is 4.94. The van der Waals surface area contributed by atoms with Gasteiger partial charge in [-0.1, -0.05) is 24.3 Å². The highest BCUT2D eigenvalue weighted by molar-refractivity contribution is 5.85. The Labute approximate surface area is 82.8 Å². The van der Waals surface area contributed by atoms with Crippen LogP contribution in [-0.2, 0) is 0 Å². The SMILES string of the molecule is NC1CC1c1cncc2ccccc12. The molecule has 1 heterocycles. The third kappa shape index (κ3) is 1.11. The molecule has 2 atom stereocenters. The number of nitrogens with two attached hydrogens (primary N) is 1. The van der Waals surface area contributed by atoms with E-state index in [0.717, 1.165) is 6.42 Å². The molecule has 1 aliphatic carbocycles. The number of benzene rings is 1. The third-order valence-electron chi connectivity index (χ3n) is 2.94. The second-order valence-electron chi connectivity index (χ2n) is 3.96. The minimum Gasteiger partial charge on any atom is -0.327 e. The monoisotopic (exact) mass is 184 g/mol. The highest BCUT2D eigenvalue weighted by atomic mass is 14.8. The van der Waals surface area contributed by atoms with Crippen LogP contribution in [0.4, 0.5) is 0 Å². The summed E-state index contributed by atoms with van der Waals surface area (Å²) in [7, 11) is 0. The summed E-state index contributed by atoms with van der Waals surface area (Å²) in [6.07, 6.45) is 4.97. The van der Waals surface area contributed by atoms with Gasteiger partial charge < -0.3 is 5.73 Å². The Hall–Kier alpha value is -1.41. The minimum atomic E-state index is 0.350. The molecule has 14 heavy (non-hydrogen) atoms. The van der Waals surface area contributed by atoms with E-state index in [-0.39, 0.29) is 0 Å². The van der Waals surface area contributed by atoms with E-state index < -0.39 is 0 Å². The van der Waals surface area contributed by atoms with Crippen LogP contribution in [0.1, 0.15) is 17.9 Å². The van der Waals surface area contributed by atoms with Crippen LogP contribution in [-0.4, -0.2) is 11.0 Å². The lowest BCUT2D eigenvalue weighted by Crippen LogP contribution is -2.01. The summed E-state index contributed by atoms with van der Waals surface area (Å²) in [6.45, 7) is 0. The Morgan fingerprint density at radius 3 is 2.79 bits per heavy atom. The maximum Gasteiger partial charge on any atom is 0.0346 e. The maximum atomic E-state index is 5.86. The zero-order valence-corrected chi connectivity index (χ0v) is 7.85. The van der Waals surface area contributed by atoms with Crippen LogP contribution in [0.3, 0.4) is 0 Å². The van der Waals surface area contributed by atoms with Crippen molar-refractivity contribution < 1.29 is 0 Å². The van der Waals surface area contributed by atoms with Gasteiger partial charge in [-0.05, 0) is 17.4 Å². The van der Waals surface area contributed by atoms with Gasteiger partial charge in [0.2, 0.25) is 0 Å². The fourth-order valence-electron chi connectivity index (χ4n) is 2.01. The summed E-state index contributed by atoms with van der Waals surface area (Å²) in [6, 6.07) is 8.71. The molecule has 0 aliphatic heterocycles. The molecule has 2 unspecified atom stereocenters. The highest BCUT2D eigenvalue weighted by Crippen LogP contribution is 2.41. The fraction of sp³-hybridized carbons (Fsp3) is 0.250. The molecule has 0 spiro atoms. The second-order valence-corrected chi connectivity index (χ2v) is 3.96. The van der Waals surface area contributed by atoms with Crippen molar-refractivity contribution in [3.8, 4) is 0 Å². The molecule has 70 valence electrons. The summed E-state index contributed by atoms with van der Waals surface area (Å²) < 4.78 is 0. The van der Waals surface area contributed by atoms with Crippen molar-refractivity contribution in [1.29, 1.82) is 0 Å². The highest BCUT2D eigenvalue weighted by Gasteiger charge is 2.35. The number of nitrogens with zero attached hydrogens (tertiary/aromatic N) is 1. The van der Waals surface area contributed by atoms with E-state index in [9.17, 15) is 0 Å². The van der Waals surface area contributed by atoms with Crippen LogP contribution in [0.5, 0.6) is 0 Å². The number of aromatic nitrogens is 1. The van der Waals surface area contributed by atoms with Crippen molar-refractivity contribution in [3.05, 3.63) is 42.2 Å². The van der Waals surface area contributed by atoms with Gasteiger partial charge in [-0.25, -0.2) is 0 Å². The molecule has 0 radical (unpaired) electrons. The lowest BCUT2D eigenvalue weighted by Gasteiger charge is -2.03. The lowest BCUT2D eigenvalue weighted by atomic mass is 10.0. The molecule has 0 bridgehead atoms. The Morgan fingerprint density at radius 1 is 1.21 bits per heavy atom. The summed E-state index contributed by atoms with van der Waals surface area (Å²) in [4.78, 5) is 4.25. The molecule has 0 saturated heterocycles. The van der Waals surface area contributed by atoms with Gasteiger partial charge in [0.15, 0.2) is 0 Å². The van der Waals surface area contributed by atoms with Gasteiger partial charge in [0.25, 0.3) is 0 Å². The molecule has 1 aliphatic rings.